The largest absolute Gasteiger partial charge is 0.324 e. The number of halogens is 2. The summed E-state index contributed by atoms with van der Waals surface area (Å²) >= 11 is 14.5. The predicted molar refractivity (Wildman–Crippen MR) is 152 cm³/mol. The minimum atomic E-state index is -0.839. The van der Waals surface area contributed by atoms with Crippen molar-refractivity contribution in [3.63, 3.8) is 0 Å². The third-order valence-corrected chi connectivity index (χ3v) is 8.00. The summed E-state index contributed by atoms with van der Waals surface area (Å²) in [6, 6.07) is 13.8. The summed E-state index contributed by atoms with van der Waals surface area (Å²) in [6.07, 6.45) is 2.70. The molecule has 0 saturated carbocycles. The molecule has 0 radical (unpaired) electrons. The van der Waals surface area contributed by atoms with E-state index in [0.717, 1.165) is 56.2 Å². The standard InChI is InChI=1S/C26H34Cl2N4OS.CH2O/c1-19(2)32(18-31-11-9-30(10-12-31)13-14-34-3)26(17-20-5-4-6-21(27)15-20)23-8-7-22(28)16-24(23)29-25(26)33;1-2/h4-8,15-16,19H,9-14,17-18H2,1-3H3,(H,29,33);1H2. The number of fused-ring (bicyclic) bond motifs is 1. The van der Waals surface area contributed by atoms with Gasteiger partial charge in [0.15, 0.2) is 0 Å². The van der Waals surface area contributed by atoms with Gasteiger partial charge in [-0.15, -0.1) is 0 Å². The maximum absolute atomic E-state index is 13.9. The van der Waals surface area contributed by atoms with Gasteiger partial charge in [-0.25, -0.2) is 0 Å². The average molecular weight is 552 g/mol. The summed E-state index contributed by atoms with van der Waals surface area (Å²) in [5, 5.41) is 4.44. The van der Waals surface area contributed by atoms with Crippen molar-refractivity contribution < 1.29 is 9.59 Å². The Morgan fingerprint density at radius 1 is 1.06 bits per heavy atom. The average Bonchev–Trinajstić information content (AvgIpc) is 3.13. The number of nitrogens with zero attached hydrogens (tertiary/aromatic N) is 3. The highest BCUT2D eigenvalue weighted by atomic mass is 35.5. The van der Waals surface area contributed by atoms with Crippen molar-refractivity contribution in [1.82, 2.24) is 14.7 Å². The Hall–Kier alpha value is -1.61. The number of piperazine rings is 1. The zero-order valence-corrected chi connectivity index (χ0v) is 23.6. The molecule has 0 aromatic heterocycles. The smallest absolute Gasteiger partial charge is 0.250 e. The first kappa shape index (κ1) is 29.0. The molecule has 2 aromatic carbocycles. The zero-order valence-electron chi connectivity index (χ0n) is 21.3. The Bertz CT molecular complexity index is 1030. The van der Waals surface area contributed by atoms with Crippen LogP contribution in [-0.2, 0) is 21.5 Å². The fourth-order valence-electron chi connectivity index (χ4n) is 5.15. The summed E-state index contributed by atoms with van der Waals surface area (Å²) in [5.41, 5.74) is 1.98. The van der Waals surface area contributed by atoms with Gasteiger partial charge in [-0.1, -0.05) is 41.4 Å². The van der Waals surface area contributed by atoms with Crippen molar-refractivity contribution in [2.45, 2.75) is 31.8 Å². The van der Waals surface area contributed by atoms with Crippen LogP contribution in [0.4, 0.5) is 5.69 Å². The van der Waals surface area contributed by atoms with Gasteiger partial charge in [0.05, 0.1) is 6.67 Å². The molecule has 0 spiro atoms. The number of amides is 1. The molecule has 1 fully saturated rings. The van der Waals surface area contributed by atoms with Crippen LogP contribution in [0.3, 0.4) is 0 Å². The van der Waals surface area contributed by atoms with Crippen molar-refractivity contribution >= 4 is 53.3 Å². The van der Waals surface area contributed by atoms with Crippen LogP contribution in [0.5, 0.6) is 0 Å². The number of rotatable bonds is 9. The lowest BCUT2D eigenvalue weighted by Gasteiger charge is -2.46. The van der Waals surface area contributed by atoms with E-state index >= 15 is 0 Å². The number of hydrogen-bond acceptors (Lipinski definition) is 6. The lowest BCUT2D eigenvalue weighted by Crippen LogP contribution is -2.60. The van der Waals surface area contributed by atoms with E-state index in [9.17, 15) is 4.79 Å². The Balaban J connectivity index is 0.00000176. The summed E-state index contributed by atoms with van der Waals surface area (Å²) in [4.78, 5) is 29.2. The van der Waals surface area contributed by atoms with Crippen LogP contribution in [0.15, 0.2) is 42.5 Å². The van der Waals surface area contributed by atoms with Gasteiger partial charge >= 0.3 is 0 Å². The molecule has 9 heteroatoms. The summed E-state index contributed by atoms with van der Waals surface area (Å²) < 4.78 is 0. The van der Waals surface area contributed by atoms with Crippen molar-refractivity contribution in [2.75, 3.05) is 56.7 Å². The summed E-state index contributed by atoms with van der Waals surface area (Å²) in [6.45, 7) is 12.3. The molecule has 0 aliphatic carbocycles. The minimum absolute atomic E-state index is 0.00273. The fourth-order valence-corrected chi connectivity index (χ4v) is 5.97. The van der Waals surface area contributed by atoms with E-state index in [1.165, 1.54) is 5.75 Å². The van der Waals surface area contributed by atoms with Crippen LogP contribution in [0.2, 0.25) is 10.0 Å². The normalized spacial score (nSPS) is 20.2. The van der Waals surface area contributed by atoms with E-state index < -0.39 is 5.54 Å². The monoisotopic (exact) mass is 550 g/mol. The molecule has 0 bridgehead atoms. The number of hydrogen-bond donors (Lipinski definition) is 1. The number of benzene rings is 2. The zero-order chi connectivity index (χ0) is 26.3. The Labute approximate surface area is 229 Å². The van der Waals surface area contributed by atoms with Gasteiger partial charge in [-0.05, 0) is 49.9 Å². The second kappa shape index (κ2) is 13.3. The number of nitrogens with one attached hydrogen (secondary N) is 1. The fraction of sp³-hybridized carbons (Fsp3) is 0.481. The number of thioether (sulfide) groups is 1. The molecule has 196 valence electrons. The van der Waals surface area contributed by atoms with Crippen molar-refractivity contribution in [2.24, 2.45) is 0 Å². The molecular formula is C27H36Cl2N4O2S. The van der Waals surface area contributed by atoms with E-state index in [1.807, 2.05) is 54.9 Å². The molecule has 1 amide bonds. The molecule has 1 saturated heterocycles. The number of anilines is 1. The molecule has 2 aliphatic rings. The van der Waals surface area contributed by atoms with Crippen LogP contribution in [0.25, 0.3) is 0 Å². The molecule has 1 unspecified atom stereocenters. The lowest BCUT2D eigenvalue weighted by molar-refractivity contribution is -0.132. The van der Waals surface area contributed by atoms with Gasteiger partial charge in [0.2, 0.25) is 5.91 Å². The second-order valence-electron chi connectivity index (χ2n) is 9.47. The highest BCUT2D eigenvalue weighted by Gasteiger charge is 2.52. The maximum Gasteiger partial charge on any atom is 0.250 e. The molecule has 1 atom stereocenters. The van der Waals surface area contributed by atoms with Crippen molar-refractivity contribution in [1.29, 1.82) is 0 Å². The van der Waals surface area contributed by atoms with Gasteiger partial charge in [-0.3, -0.25) is 19.5 Å². The van der Waals surface area contributed by atoms with Crippen LogP contribution in [0.1, 0.15) is 25.0 Å². The topological polar surface area (TPSA) is 55.9 Å². The van der Waals surface area contributed by atoms with Crippen LogP contribution in [0, 0.1) is 0 Å². The maximum atomic E-state index is 13.9. The summed E-state index contributed by atoms with van der Waals surface area (Å²) in [7, 11) is 0. The van der Waals surface area contributed by atoms with E-state index in [0.29, 0.717) is 16.5 Å². The molecule has 2 heterocycles. The van der Waals surface area contributed by atoms with Gasteiger partial charge < -0.3 is 10.1 Å². The molecule has 1 N–H and O–H groups in total. The Morgan fingerprint density at radius 3 is 2.36 bits per heavy atom. The third-order valence-electron chi connectivity index (χ3n) is 6.94. The Morgan fingerprint density at radius 2 is 1.72 bits per heavy atom. The molecule has 2 aliphatic heterocycles. The van der Waals surface area contributed by atoms with Gasteiger partial charge in [0.1, 0.15) is 12.3 Å². The molecule has 4 rings (SSSR count). The van der Waals surface area contributed by atoms with E-state index in [4.69, 9.17) is 28.0 Å². The number of carbonyl (C=O) groups excluding carboxylic acids is 2. The van der Waals surface area contributed by atoms with Crippen LogP contribution >= 0.6 is 35.0 Å². The molecular weight excluding hydrogens is 515 g/mol. The quantitative estimate of drug-likeness (QED) is 0.481. The lowest BCUT2D eigenvalue weighted by atomic mass is 9.82. The van der Waals surface area contributed by atoms with Crippen LogP contribution in [-0.4, -0.2) is 84.8 Å². The second-order valence-corrected chi connectivity index (χ2v) is 11.3. The molecule has 2 aromatic rings. The van der Waals surface area contributed by atoms with Gasteiger partial charge in [0, 0.05) is 72.2 Å². The van der Waals surface area contributed by atoms with Crippen molar-refractivity contribution in [3.8, 4) is 0 Å². The SMILES string of the molecule is C=O.CSCCN1CCN(CN(C(C)C)C2(Cc3cccc(Cl)c3)C(=O)Nc3cc(Cl)ccc32)CC1. The minimum Gasteiger partial charge on any atom is -0.324 e. The Kier molecular flexibility index (Phi) is 10.7. The highest BCUT2D eigenvalue weighted by molar-refractivity contribution is 7.98. The van der Waals surface area contributed by atoms with Gasteiger partial charge in [-0.2, -0.15) is 11.8 Å². The highest BCUT2D eigenvalue weighted by Crippen LogP contribution is 2.45. The first-order chi connectivity index (χ1) is 17.3. The molecule has 6 nitrogen and oxygen atoms in total. The van der Waals surface area contributed by atoms with E-state index in [1.54, 1.807) is 0 Å². The van der Waals surface area contributed by atoms with E-state index in [-0.39, 0.29) is 11.9 Å². The van der Waals surface area contributed by atoms with E-state index in [2.05, 4.69) is 46.2 Å². The van der Waals surface area contributed by atoms with Crippen molar-refractivity contribution in [3.05, 3.63) is 63.6 Å². The number of carbonyl (C=O) groups is 2. The summed E-state index contributed by atoms with van der Waals surface area (Å²) in [5.74, 6) is 1.16. The first-order valence-corrected chi connectivity index (χ1v) is 14.3. The predicted octanol–water partition coefficient (Wildman–Crippen LogP) is 4.85. The first-order valence-electron chi connectivity index (χ1n) is 12.2. The van der Waals surface area contributed by atoms with Gasteiger partial charge in [0.25, 0.3) is 0 Å². The molecule has 36 heavy (non-hydrogen) atoms. The van der Waals surface area contributed by atoms with Crippen LogP contribution < -0.4 is 5.32 Å². The third kappa shape index (κ3) is 6.44.